The highest BCUT2D eigenvalue weighted by Gasteiger charge is 2.15. The van der Waals surface area contributed by atoms with Crippen LogP contribution >= 0.6 is 0 Å². The maximum Gasteiger partial charge on any atom is 0.325 e. The van der Waals surface area contributed by atoms with Crippen LogP contribution in [0.5, 0.6) is 5.75 Å². The fraction of sp³-hybridized carbons (Fsp3) is 0.200. The number of esters is 1. The highest BCUT2D eigenvalue weighted by molar-refractivity contribution is 5.99. The van der Waals surface area contributed by atoms with Gasteiger partial charge in [-0.2, -0.15) is 0 Å². The molecule has 2 N–H and O–H groups in total. The van der Waals surface area contributed by atoms with Gasteiger partial charge >= 0.3 is 5.97 Å². The lowest BCUT2D eigenvalue weighted by Gasteiger charge is -2.09. The molecule has 0 aliphatic heterocycles. The maximum absolute atomic E-state index is 12.1. The normalized spacial score (nSPS) is 9.89. The Hall–Kier alpha value is -3.68. The van der Waals surface area contributed by atoms with Crippen molar-refractivity contribution in [3.05, 3.63) is 65.7 Å². The van der Waals surface area contributed by atoms with E-state index >= 15 is 0 Å². The summed E-state index contributed by atoms with van der Waals surface area (Å²) in [5.41, 5.74) is 1.02. The van der Waals surface area contributed by atoms with Gasteiger partial charge in [0.1, 0.15) is 12.3 Å². The third-order valence-electron chi connectivity index (χ3n) is 3.60. The topological polar surface area (TPSA) is 111 Å². The van der Waals surface area contributed by atoms with E-state index in [1.165, 1.54) is 7.11 Å². The van der Waals surface area contributed by atoms with E-state index in [4.69, 9.17) is 9.47 Å². The molecule has 0 heterocycles. The van der Waals surface area contributed by atoms with Crippen molar-refractivity contribution in [1.82, 2.24) is 10.6 Å². The van der Waals surface area contributed by atoms with Crippen LogP contribution in [0.3, 0.4) is 0 Å². The first kappa shape index (κ1) is 20.6. The quantitative estimate of drug-likeness (QED) is 0.653. The summed E-state index contributed by atoms with van der Waals surface area (Å²) >= 11 is 0. The lowest BCUT2D eigenvalue weighted by molar-refractivity contribution is -0.148. The number of benzene rings is 2. The number of carbonyl (C=O) groups excluding carboxylic acids is 4. The van der Waals surface area contributed by atoms with Crippen molar-refractivity contribution >= 4 is 23.7 Å². The average Bonchev–Trinajstić information content (AvgIpc) is 2.71. The zero-order valence-corrected chi connectivity index (χ0v) is 15.3. The molecule has 2 aromatic rings. The zero-order chi connectivity index (χ0) is 20.4. The first-order valence-corrected chi connectivity index (χ1v) is 8.43. The molecule has 0 spiro atoms. The minimum atomic E-state index is -0.811. The Labute approximate surface area is 161 Å². The molecular formula is C20H20N2O6. The third kappa shape index (κ3) is 6.56. The lowest BCUT2D eigenvalue weighted by atomic mass is 10.1. The molecule has 0 aliphatic carbocycles. The minimum absolute atomic E-state index is 0.0372. The van der Waals surface area contributed by atoms with E-state index in [2.05, 4.69) is 10.6 Å². The maximum atomic E-state index is 12.1. The van der Waals surface area contributed by atoms with Gasteiger partial charge in [0.15, 0.2) is 6.61 Å². The van der Waals surface area contributed by atoms with Crippen LogP contribution in [0.2, 0.25) is 0 Å². The van der Waals surface area contributed by atoms with Crippen molar-refractivity contribution in [2.45, 2.75) is 6.42 Å². The zero-order valence-electron chi connectivity index (χ0n) is 15.3. The van der Waals surface area contributed by atoms with Gasteiger partial charge in [-0.15, -0.1) is 0 Å². The number of amides is 3. The molecule has 2 aromatic carbocycles. The number of carbonyl (C=O) groups is 4. The van der Waals surface area contributed by atoms with Gasteiger partial charge < -0.3 is 14.8 Å². The Morgan fingerprint density at radius 3 is 2.29 bits per heavy atom. The minimum Gasteiger partial charge on any atom is -0.496 e. The highest BCUT2D eigenvalue weighted by Crippen LogP contribution is 2.16. The second kappa shape index (κ2) is 10.5. The Balaban J connectivity index is 1.71. The average molecular weight is 384 g/mol. The van der Waals surface area contributed by atoms with E-state index < -0.39 is 36.8 Å². The Kier molecular flexibility index (Phi) is 7.71. The van der Waals surface area contributed by atoms with Crippen molar-refractivity contribution in [3.63, 3.8) is 0 Å². The molecule has 0 saturated heterocycles. The number of imide groups is 1. The first-order valence-electron chi connectivity index (χ1n) is 8.43. The number of ether oxygens (including phenoxy) is 2. The number of nitrogens with one attached hydrogen (secondary N) is 2. The molecule has 0 aromatic heterocycles. The van der Waals surface area contributed by atoms with Crippen molar-refractivity contribution in [1.29, 1.82) is 0 Å². The molecular weight excluding hydrogens is 364 g/mol. The van der Waals surface area contributed by atoms with Crippen LogP contribution in [-0.2, 0) is 25.5 Å². The smallest absolute Gasteiger partial charge is 0.325 e. The molecule has 0 radical (unpaired) electrons. The summed E-state index contributed by atoms with van der Waals surface area (Å²) in [6.07, 6.45) is 0.0372. The van der Waals surface area contributed by atoms with E-state index in [0.717, 1.165) is 5.56 Å². The number of rotatable bonds is 8. The molecule has 2 rings (SSSR count). The van der Waals surface area contributed by atoms with Gasteiger partial charge in [-0.05, 0) is 17.7 Å². The largest absolute Gasteiger partial charge is 0.496 e. The molecule has 0 atom stereocenters. The van der Waals surface area contributed by atoms with E-state index in [0.29, 0.717) is 5.75 Å². The molecule has 0 fully saturated rings. The Morgan fingerprint density at radius 2 is 1.57 bits per heavy atom. The SMILES string of the molecule is COc1ccccc1C(=O)NCC(=O)OCC(=O)NC(=O)Cc1ccccc1. The van der Waals surface area contributed by atoms with Crippen LogP contribution in [-0.4, -0.2) is 44.0 Å². The number of methoxy groups -OCH3 is 1. The highest BCUT2D eigenvalue weighted by atomic mass is 16.5. The number of hydrogen-bond acceptors (Lipinski definition) is 6. The van der Waals surface area contributed by atoms with Gasteiger partial charge in [0.05, 0.1) is 19.1 Å². The van der Waals surface area contributed by atoms with Crippen molar-refractivity contribution in [2.24, 2.45) is 0 Å². The first-order chi connectivity index (χ1) is 13.5. The van der Waals surface area contributed by atoms with Gasteiger partial charge in [0.25, 0.3) is 11.8 Å². The molecule has 0 unspecified atom stereocenters. The summed E-state index contributed by atoms with van der Waals surface area (Å²) in [7, 11) is 1.43. The predicted octanol–water partition coefficient (Wildman–Crippen LogP) is 0.854. The van der Waals surface area contributed by atoms with Gasteiger partial charge in [0, 0.05) is 0 Å². The fourth-order valence-electron chi connectivity index (χ4n) is 2.29. The molecule has 146 valence electrons. The summed E-state index contributed by atoms with van der Waals surface area (Å²) < 4.78 is 9.82. The Morgan fingerprint density at radius 1 is 0.893 bits per heavy atom. The molecule has 0 aliphatic rings. The van der Waals surface area contributed by atoms with E-state index in [1.807, 2.05) is 6.07 Å². The van der Waals surface area contributed by atoms with E-state index in [-0.39, 0.29) is 12.0 Å². The van der Waals surface area contributed by atoms with Crippen molar-refractivity contribution in [3.8, 4) is 5.75 Å². The summed E-state index contributed by atoms with van der Waals surface area (Å²) in [6, 6.07) is 15.4. The summed E-state index contributed by atoms with van der Waals surface area (Å²) in [5.74, 6) is -2.21. The molecule has 8 heteroatoms. The predicted molar refractivity (Wildman–Crippen MR) is 99.6 cm³/mol. The van der Waals surface area contributed by atoms with Crippen molar-refractivity contribution in [2.75, 3.05) is 20.3 Å². The van der Waals surface area contributed by atoms with Crippen LogP contribution < -0.4 is 15.4 Å². The third-order valence-corrected chi connectivity index (χ3v) is 3.60. The van der Waals surface area contributed by atoms with Crippen LogP contribution in [0.25, 0.3) is 0 Å². The molecule has 0 bridgehead atoms. The van der Waals surface area contributed by atoms with E-state index in [1.54, 1.807) is 48.5 Å². The molecule has 0 saturated carbocycles. The second-order valence-corrected chi connectivity index (χ2v) is 5.68. The van der Waals surface area contributed by atoms with Crippen molar-refractivity contribution < 1.29 is 28.7 Å². The monoisotopic (exact) mass is 384 g/mol. The van der Waals surface area contributed by atoms with Crippen LogP contribution in [0.15, 0.2) is 54.6 Å². The number of hydrogen-bond donors (Lipinski definition) is 2. The number of para-hydroxylation sites is 1. The van der Waals surface area contributed by atoms with Crippen LogP contribution in [0, 0.1) is 0 Å². The van der Waals surface area contributed by atoms with Crippen LogP contribution in [0.4, 0.5) is 0 Å². The van der Waals surface area contributed by atoms with E-state index in [9.17, 15) is 19.2 Å². The van der Waals surface area contributed by atoms with Crippen LogP contribution in [0.1, 0.15) is 15.9 Å². The fourth-order valence-corrected chi connectivity index (χ4v) is 2.29. The second-order valence-electron chi connectivity index (χ2n) is 5.68. The summed E-state index contributed by atoms with van der Waals surface area (Å²) in [4.78, 5) is 47.2. The summed E-state index contributed by atoms with van der Waals surface area (Å²) in [6.45, 7) is -1.05. The summed E-state index contributed by atoms with van der Waals surface area (Å²) in [5, 5.41) is 4.51. The standard InChI is InChI=1S/C20H20N2O6/c1-27-16-10-6-5-9-15(16)20(26)21-12-19(25)28-13-18(24)22-17(23)11-14-7-3-2-4-8-14/h2-10H,11-13H2,1H3,(H,21,26)(H,22,23,24). The van der Waals surface area contributed by atoms with Gasteiger partial charge in [-0.25, -0.2) is 0 Å². The van der Waals surface area contributed by atoms with Gasteiger partial charge in [-0.1, -0.05) is 42.5 Å². The lowest BCUT2D eigenvalue weighted by Crippen LogP contribution is -2.37. The van der Waals surface area contributed by atoms with Gasteiger partial charge in [-0.3, -0.25) is 24.5 Å². The van der Waals surface area contributed by atoms with Gasteiger partial charge in [0.2, 0.25) is 5.91 Å². The Bertz CT molecular complexity index is 851. The molecule has 3 amide bonds. The molecule has 28 heavy (non-hydrogen) atoms. The molecule has 8 nitrogen and oxygen atoms in total.